The molecule has 0 saturated carbocycles. The van der Waals surface area contributed by atoms with Gasteiger partial charge < -0.3 is 25.4 Å². The number of benzene rings is 3. The highest BCUT2D eigenvalue weighted by Crippen LogP contribution is 2.64. The third kappa shape index (κ3) is 4.82. The van der Waals surface area contributed by atoms with E-state index in [0.29, 0.717) is 37.1 Å². The molecule has 2 unspecified atom stereocenters. The van der Waals surface area contributed by atoms with Crippen LogP contribution in [-0.4, -0.2) is 57.6 Å². The first-order chi connectivity index (χ1) is 20.7. The molecule has 3 saturated heterocycles. The van der Waals surface area contributed by atoms with E-state index in [-0.39, 0.29) is 24.3 Å². The lowest BCUT2D eigenvalue weighted by molar-refractivity contribution is -0.148. The molecule has 3 aromatic rings. The summed E-state index contributed by atoms with van der Waals surface area (Å²) in [6, 6.07) is 22.9. The highest BCUT2D eigenvalue weighted by atomic mass is 16.5. The zero-order valence-electron chi connectivity index (χ0n) is 24.9. The number of aliphatic hydroxyl groups excluding tert-OH is 1. The zero-order valence-corrected chi connectivity index (χ0v) is 24.9. The standard InChI is InChI=1S/C35H39N3O5/c1-4-34-17-18-35(43-34)29(28(34)31(40)36-25-13-9-6-10-14-25)33(42)38(26(21-39)20-24-11-7-5-8-12-24)30(35)32(41)37-27-19-22(2)15-16-23(27)3/h5-16,19,26,28-30,39H,4,17-18,20-21H2,1-3H3,(H,36,40)(H,37,41)/t26-,28-,29+,30?,34+,35?/m1/s1. The van der Waals surface area contributed by atoms with Crippen LogP contribution in [0.4, 0.5) is 11.4 Å². The second-order valence-electron chi connectivity index (χ2n) is 12.3. The first kappa shape index (κ1) is 29.1. The molecule has 1 spiro atoms. The first-order valence-corrected chi connectivity index (χ1v) is 15.1. The number of nitrogens with zero attached hydrogens (tertiary/aromatic N) is 1. The van der Waals surface area contributed by atoms with E-state index >= 15 is 0 Å². The Kier molecular flexibility index (Phi) is 7.60. The fourth-order valence-corrected chi connectivity index (χ4v) is 7.70. The number of para-hydroxylation sites is 1. The predicted octanol–water partition coefficient (Wildman–Crippen LogP) is 4.64. The van der Waals surface area contributed by atoms with Gasteiger partial charge >= 0.3 is 0 Å². The summed E-state index contributed by atoms with van der Waals surface area (Å²) in [6.07, 6.45) is 1.92. The average Bonchev–Trinajstić information content (AvgIpc) is 3.62. The van der Waals surface area contributed by atoms with Gasteiger partial charge in [0.2, 0.25) is 17.7 Å². The Morgan fingerprint density at radius 1 is 0.977 bits per heavy atom. The van der Waals surface area contributed by atoms with Gasteiger partial charge in [0.25, 0.3) is 0 Å². The molecule has 6 rings (SSSR count). The molecule has 2 bridgehead atoms. The number of carbonyl (C=O) groups is 3. The van der Waals surface area contributed by atoms with Gasteiger partial charge in [-0.3, -0.25) is 14.4 Å². The third-order valence-electron chi connectivity index (χ3n) is 9.76. The highest BCUT2D eigenvalue weighted by Gasteiger charge is 2.79. The van der Waals surface area contributed by atoms with E-state index in [2.05, 4.69) is 10.6 Å². The Bertz CT molecular complexity index is 1530. The Balaban J connectivity index is 1.43. The third-order valence-corrected chi connectivity index (χ3v) is 9.76. The molecule has 43 heavy (non-hydrogen) atoms. The molecule has 8 nitrogen and oxygen atoms in total. The normalized spacial score (nSPS) is 28.0. The summed E-state index contributed by atoms with van der Waals surface area (Å²) in [7, 11) is 0. The maximum absolute atomic E-state index is 14.7. The number of nitrogens with one attached hydrogen (secondary N) is 2. The van der Waals surface area contributed by atoms with Crippen LogP contribution in [0.15, 0.2) is 78.9 Å². The Morgan fingerprint density at radius 2 is 1.67 bits per heavy atom. The van der Waals surface area contributed by atoms with Gasteiger partial charge in [0.15, 0.2) is 0 Å². The molecule has 0 aromatic heterocycles. The molecule has 0 radical (unpaired) electrons. The smallest absolute Gasteiger partial charge is 0.250 e. The summed E-state index contributed by atoms with van der Waals surface area (Å²) in [6.45, 7) is 5.52. The van der Waals surface area contributed by atoms with E-state index in [1.807, 2.05) is 99.6 Å². The van der Waals surface area contributed by atoms with Crippen LogP contribution in [-0.2, 0) is 25.5 Å². The highest BCUT2D eigenvalue weighted by molar-refractivity contribution is 6.05. The van der Waals surface area contributed by atoms with Crippen molar-refractivity contribution in [2.45, 2.75) is 69.7 Å². The Labute approximate surface area is 252 Å². The quantitative estimate of drug-likeness (QED) is 0.341. The van der Waals surface area contributed by atoms with Crippen molar-refractivity contribution < 1.29 is 24.2 Å². The summed E-state index contributed by atoms with van der Waals surface area (Å²) in [5.74, 6) is -2.61. The molecule has 3 amide bonds. The van der Waals surface area contributed by atoms with E-state index in [1.165, 1.54) is 4.90 Å². The molecule has 3 heterocycles. The van der Waals surface area contributed by atoms with Crippen molar-refractivity contribution in [2.75, 3.05) is 17.2 Å². The van der Waals surface area contributed by atoms with Crippen LogP contribution in [0.2, 0.25) is 0 Å². The second kappa shape index (κ2) is 11.2. The maximum atomic E-state index is 14.7. The van der Waals surface area contributed by atoms with Gasteiger partial charge in [0.05, 0.1) is 30.1 Å². The van der Waals surface area contributed by atoms with Gasteiger partial charge in [-0.25, -0.2) is 0 Å². The number of fused-ring (bicyclic) bond motifs is 1. The van der Waals surface area contributed by atoms with E-state index in [0.717, 1.165) is 16.7 Å². The topological polar surface area (TPSA) is 108 Å². The summed E-state index contributed by atoms with van der Waals surface area (Å²) in [5.41, 5.74) is 2.07. The minimum atomic E-state index is -1.20. The number of hydrogen-bond acceptors (Lipinski definition) is 5. The van der Waals surface area contributed by atoms with Gasteiger partial charge in [-0.15, -0.1) is 0 Å². The van der Waals surface area contributed by atoms with Gasteiger partial charge in [-0.05, 0) is 74.4 Å². The van der Waals surface area contributed by atoms with Crippen molar-refractivity contribution in [3.8, 4) is 0 Å². The summed E-state index contributed by atoms with van der Waals surface area (Å²) in [4.78, 5) is 44.6. The summed E-state index contributed by atoms with van der Waals surface area (Å²) < 4.78 is 6.90. The molecule has 3 aliphatic heterocycles. The van der Waals surface area contributed by atoms with Crippen LogP contribution in [0.5, 0.6) is 0 Å². The van der Waals surface area contributed by atoms with Gasteiger partial charge in [-0.1, -0.05) is 67.6 Å². The monoisotopic (exact) mass is 581 g/mol. The number of rotatable bonds is 9. The van der Waals surface area contributed by atoms with E-state index < -0.39 is 35.1 Å². The lowest BCUT2D eigenvalue weighted by Crippen LogP contribution is -2.57. The number of likely N-dealkylation sites (tertiary alicyclic amines) is 1. The minimum Gasteiger partial charge on any atom is -0.394 e. The molecule has 8 heteroatoms. The van der Waals surface area contributed by atoms with Crippen molar-refractivity contribution in [1.29, 1.82) is 0 Å². The number of ether oxygens (including phenoxy) is 1. The molecule has 0 aliphatic carbocycles. The van der Waals surface area contributed by atoms with E-state index in [1.54, 1.807) is 0 Å². The van der Waals surface area contributed by atoms with Crippen LogP contribution in [0, 0.1) is 25.7 Å². The number of anilines is 2. The summed E-state index contributed by atoms with van der Waals surface area (Å²) >= 11 is 0. The Hall–Kier alpha value is -4.01. The van der Waals surface area contributed by atoms with Crippen molar-refractivity contribution >= 4 is 29.1 Å². The molecule has 3 aliphatic rings. The van der Waals surface area contributed by atoms with Gasteiger partial charge in [0, 0.05) is 11.4 Å². The number of carbonyl (C=O) groups excluding carboxylic acids is 3. The van der Waals surface area contributed by atoms with Crippen LogP contribution in [0.25, 0.3) is 0 Å². The number of amides is 3. The number of aryl methyl sites for hydroxylation is 2. The second-order valence-corrected chi connectivity index (χ2v) is 12.3. The largest absolute Gasteiger partial charge is 0.394 e. The van der Waals surface area contributed by atoms with Gasteiger partial charge in [-0.2, -0.15) is 0 Å². The fraction of sp³-hybridized carbons (Fsp3) is 0.400. The molecular weight excluding hydrogens is 542 g/mol. The van der Waals surface area contributed by atoms with Crippen LogP contribution >= 0.6 is 0 Å². The SMILES string of the molecule is CC[C@@]12CCC3(O1)C(C(=O)Nc1cc(C)ccc1C)N([C@@H](CO)Cc1ccccc1)C(=O)[C@@H]3[C@@H]2C(=O)Nc1ccccc1. The minimum absolute atomic E-state index is 0.285. The fourth-order valence-electron chi connectivity index (χ4n) is 7.70. The van der Waals surface area contributed by atoms with Crippen molar-refractivity contribution in [3.63, 3.8) is 0 Å². The molecular formula is C35H39N3O5. The Morgan fingerprint density at radius 3 is 2.35 bits per heavy atom. The van der Waals surface area contributed by atoms with Crippen LogP contribution in [0.3, 0.4) is 0 Å². The molecule has 3 fully saturated rings. The lowest BCUT2D eigenvalue weighted by Gasteiger charge is -2.37. The van der Waals surface area contributed by atoms with Crippen molar-refractivity contribution in [3.05, 3.63) is 95.6 Å². The lowest BCUT2D eigenvalue weighted by atomic mass is 9.65. The molecule has 6 atom stereocenters. The van der Waals surface area contributed by atoms with Crippen LogP contribution in [0.1, 0.15) is 42.9 Å². The van der Waals surface area contributed by atoms with E-state index in [4.69, 9.17) is 4.74 Å². The zero-order chi connectivity index (χ0) is 30.4. The first-order valence-electron chi connectivity index (χ1n) is 15.1. The number of hydrogen-bond donors (Lipinski definition) is 3. The molecule has 3 aromatic carbocycles. The summed E-state index contributed by atoms with van der Waals surface area (Å²) in [5, 5.41) is 16.8. The van der Waals surface area contributed by atoms with Crippen molar-refractivity contribution in [2.24, 2.45) is 11.8 Å². The predicted molar refractivity (Wildman–Crippen MR) is 164 cm³/mol. The molecule has 3 N–H and O–H groups in total. The van der Waals surface area contributed by atoms with Crippen LogP contribution < -0.4 is 10.6 Å². The number of aliphatic hydroxyl groups is 1. The average molecular weight is 582 g/mol. The van der Waals surface area contributed by atoms with E-state index in [9.17, 15) is 19.5 Å². The molecule has 224 valence electrons. The van der Waals surface area contributed by atoms with Crippen molar-refractivity contribution in [1.82, 2.24) is 4.90 Å². The maximum Gasteiger partial charge on any atom is 0.250 e. The van der Waals surface area contributed by atoms with Gasteiger partial charge in [0.1, 0.15) is 11.6 Å².